The zero-order valence-corrected chi connectivity index (χ0v) is 23.4. The number of para-hydroxylation sites is 1. The lowest BCUT2D eigenvalue weighted by Gasteiger charge is -2.43. The number of piperidine rings is 1. The Bertz CT molecular complexity index is 1330. The van der Waals surface area contributed by atoms with Crippen LogP contribution in [0.5, 0.6) is 11.5 Å². The number of aliphatic hydroxyl groups is 1. The van der Waals surface area contributed by atoms with Gasteiger partial charge >= 0.3 is 6.09 Å². The Morgan fingerprint density at radius 3 is 2.60 bits per heavy atom. The lowest BCUT2D eigenvalue weighted by Crippen LogP contribution is -2.48. The highest BCUT2D eigenvalue weighted by molar-refractivity contribution is 6.32. The summed E-state index contributed by atoms with van der Waals surface area (Å²) in [5.74, 6) is 0.497. The number of ether oxygens (including phenoxy) is 1. The average molecular weight is 566 g/mol. The molecule has 1 fully saturated rings. The fourth-order valence-electron chi connectivity index (χ4n) is 5.38. The first-order chi connectivity index (χ1) is 19.2. The first kappa shape index (κ1) is 29.4. The molecule has 2 unspecified atom stereocenters. The third kappa shape index (κ3) is 6.94. The number of amides is 2. The minimum Gasteiger partial charge on any atom is -0.465 e. The summed E-state index contributed by atoms with van der Waals surface area (Å²) in [6.07, 6.45) is 0.890. The minimum absolute atomic E-state index is 0.106. The number of carbonyl (C=O) groups is 2. The predicted octanol–water partition coefficient (Wildman–Crippen LogP) is 5.69. The van der Waals surface area contributed by atoms with E-state index in [-0.39, 0.29) is 24.8 Å². The van der Waals surface area contributed by atoms with Gasteiger partial charge in [-0.05, 0) is 74.1 Å². The molecule has 0 aliphatic carbocycles. The first-order valence-electron chi connectivity index (χ1n) is 13.5. The van der Waals surface area contributed by atoms with Crippen LogP contribution in [0.3, 0.4) is 0 Å². The summed E-state index contributed by atoms with van der Waals surface area (Å²) in [7, 11) is 0. The van der Waals surface area contributed by atoms with Crippen molar-refractivity contribution in [2.45, 2.75) is 44.8 Å². The maximum Gasteiger partial charge on any atom is 0.404 e. The lowest BCUT2D eigenvalue weighted by atomic mass is 9.73. The zero-order chi connectivity index (χ0) is 28.7. The number of likely N-dealkylation sites (tertiary alicyclic amines) is 1. The quantitative estimate of drug-likeness (QED) is 0.234. The van der Waals surface area contributed by atoms with E-state index in [1.807, 2.05) is 43.3 Å². The number of nitrogens with zero attached hydrogens (tertiary/aromatic N) is 1. The molecule has 0 radical (unpaired) electrons. The number of nitrogens with one attached hydrogen (secondary N) is 1. The van der Waals surface area contributed by atoms with Crippen molar-refractivity contribution in [1.29, 1.82) is 0 Å². The molecule has 9 heteroatoms. The smallest absolute Gasteiger partial charge is 0.404 e. The fraction of sp³-hybridized carbons (Fsp3) is 0.355. The summed E-state index contributed by atoms with van der Waals surface area (Å²) in [4.78, 5) is 26.3. The average Bonchev–Trinajstić information content (AvgIpc) is 2.96. The highest BCUT2D eigenvalue weighted by Crippen LogP contribution is 2.46. The normalized spacial score (nSPS) is 16.7. The van der Waals surface area contributed by atoms with Crippen molar-refractivity contribution in [2.24, 2.45) is 11.7 Å². The molecular weight excluding hydrogens is 530 g/mol. The standard InChI is InChI=1S/C31H36ClN3O5/c1-21-6-2-8-25(18-21)40-28-26(9-3-10-27(28)32)31(39,15-5-16-34-30(37)38)24-7-4-17-35(20-24)29(36)23-13-11-22(19-33)12-14-23/h2-3,6,8-14,18,24,34,39H,4-5,7,15-17,19-20,33H2,1H3,(H,37,38). The van der Waals surface area contributed by atoms with Crippen LogP contribution in [0.2, 0.25) is 5.02 Å². The Hall–Kier alpha value is -3.59. The van der Waals surface area contributed by atoms with Gasteiger partial charge in [-0.1, -0.05) is 48.0 Å². The molecule has 0 saturated carbocycles. The van der Waals surface area contributed by atoms with Gasteiger partial charge in [0.1, 0.15) is 5.75 Å². The number of halogens is 1. The number of rotatable bonds is 10. The Morgan fingerprint density at radius 1 is 1.15 bits per heavy atom. The van der Waals surface area contributed by atoms with Crippen molar-refractivity contribution >= 4 is 23.6 Å². The van der Waals surface area contributed by atoms with E-state index in [4.69, 9.17) is 27.2 Å². The number of hydrogen-bond donors (Lipinski definition) is 4. The highest BCUT2D eigenvalue weighted by atomic mass is 35.5. The van der Waals surface area contributed by atoms with Crippen LogP contribution in [0.25, 0.3) is 0 Å². The molecule has 1 aliphatic heterocycles. The summed E-state index contributed by atoms with van der Waals surface area (Å²) in [5.41, 5.74) is 7.31. The second-order valence-corrected chi connectivity index (χ2v) is 10.7. The maximum absolute atomic E-state index is 13.4. The largest absolute Gasteiger partial charge is 0.465 e. The van der Waals surface area contributed by atoms with Gasteiger partial charge in [-0.25, -0.2) is 4.79 Å². The van der Waals surface area contributed by atoms with Gasteiger partial charge in [0.15, 0.2) is 5.75 Å². The lowest BCUT2D eigenvalue weighted by molar-refractivity contribution is -0.0578. The third-order valence-corrected chi connectivity index (χ3v) is 7.77. The van der Waals surface area contributed by atoms with Gasteiger partial charge in [0.05, 0.1) is 10.6 Å². The van der Waals surface area contributed by atoms with Crippen LogP contribution < -0.4 is 15.8 Å². The topological polar surface area (TPSA) is 125 Å². The van der Waals surface area contributed by atoms with Crippen molar-refractivity contribution in [2.75, 3.05) is 19.6 Å². The molecule has 40 heavy (non-hydrogen) atoms. The molecule has 2 atom stereocenters. The SMILES string of the molecule is Cc1cccc(Oc2c(Cl)cccc2C(O)(CCCNC(=O)O)C2CCCN(C(=O)c3ccc(CN)cc3)C2)c1. The fourth-order valence-corrected chi connectivity index (χ4v) is 5.59. The molecule has 1 saturated heterocycles. The zero-order valence-electron chi connectivity index (χ0n) is 22.6. The third-order valence-electron chi connectivity index (χ3n) is 7.47. The Kier molecular flexibility index (Phi) is 9.68. The van der Waals surface area contributed by atoms with E-state index in [2.05, 4.69) is 5.32 Å². The predicted molar refractivity (Wildman–Crippen MR) is 155 cm³/mol. The summed E-state index contributed by atoms with van der Waals surface area (Å²) in [5, 5.41) is 24.3. The van der Waals surface area contributed by atoms with Gasteiger partial charge in [0.25, 0.3) is 5.91 Å². The van der Waals surface area contributed by atoms with Crippen LogP contribution in [-0.2, 0) is 12.1 Å². The second kappa shape index (κ2) is 13.2. The molecule has 0 aromatic heterocycles. The number of carboxylic acid groups (broad SMARTS) is 1. The number of nitrogens with two attached hydrogens (primary N) is 1. The Morgan fingerprint density at radius 2 is 1.90 bits per heavy atom. The number of aryl methyl sites for hydroxylation is 1. The van der Waals surface area contributed by atoms with Gasteiger partial charge in [-0.15, -0.1) is 0 Å². The molecule has 8 nitrogen and oxygen atoms in total. The van der Waals surface area contributed by atoms with Gasteiger partial charge in [-0.3, -0.25) is 4.79 Å². The van der Waals surface area contributed by atoms with E-state index in [1.54, 1.807) is 35.2 Å². The van der Waals surface area contributed by atoms with Crippen molar-refractivity contribution < 1.29 is 24.5 Å². The molecule has 3 aromatic rings. The number of carbonyl (C=O) groups excluding carboxylic acids is 1. The van der Waals surface area contributed by atoms with Crippen molar-refractivity contribution in [1.82, 2.24) is 10.2 Å². The Balaban J connectivity index is 1.67. The summed E-state index contributed by atoms with van der Waals surface area (Å²) in [6, 6.07) is 20.1. The van der Waals surface area contributed by atoms with Crippen LogP contribution in [0.15, 0.2) is 66.7 Å². The molecule has 212 valence electrons. The molecule has 2 amide bonds. The van der Waals surface area contributed by atoms with Crippen LogP contribution in [-0.4, -0.2) is 46.7 Å². The van der Waals surface area contributed by atoms with E-state index in [0.717, 1.165) is 11.1 Å². The summed E-state index contributed by atoms with van der Waals surface area (Å²) >= 11 is 6.65. The molecule has 0 spiro atoms. The van der Waals surface area contributed by atoms with Crippen molar-refractivity contribution in [3.8, 4) is 11.5 Å². The second-order valence-electron chi connectivity index (χ2n) is 10.3. The first-order valence-corrected chi connectivity index (χ1v) is 13.9. The van der Waals surface area contributed by atoms with E-state index < -0.39 is 11.7 Å². The monoisotopic (exact) mass is 565 g/mol. The van der Waals surface area contributed by atoms with Crippen LogP contribution in [0, 0.1) is 12.8 Å². The van der Waals surface area contributed by atoms with Crippen LogP contribution in [0.4, 0.5) is 4.79 Å². The van der Waals surface area contributed by atoms with Crippen LogP contribution in [0.1, 0.15) is 52.7 Å². The molecule has 1 heterocycles. The van der Waals surface area contributed by atoms with Gasteiger partial charge in [0.2, 0.25) is 0 Å². The highest BCUT2D eigenvalue weighted by Gasteiger charge is 2.43. The summed E-state index contributed by atoms with van der Waals surface area (Å²) < 4.78 is 6.28. The van der Waals surface area contributed by atoms with Crippen molar-refractivity contribution in [3.05, 3.63) is 94.0 Å². The molecule has 5 N–H and O–H groups in total. The molecule has 0 bridgehead atoms. The minimum atomic E-state index is -1.44. The van der Waals surface area contributed by atoms with Crippen LogP contribution >= 0.6 is 11.6 Å². The maximum atomic E-state index is 13.4. The summed E-state index contributed by atoms with van der Waals surface area (Å²) in [6.45, 7) is 3.44. The van der Waals surface area contributed by atoms with E-state index in [9.17, 15) is 14.7 Å². The van der Waals surface area contributed by atoms with E-state index in [0.29, 0.717) is 66.5 Å². The Labute approximate surface area is 239 Å². The van der Waals surface area contributed by atoms with Gasteiger partial charge < -0.3 is 30.9 Å². The van der Waals surface area contributed by atoms with E-state index >= 15 is 0 Å². The molecular formula is C31H36ClN3O5. The molecule has 4 rings (SSSR count). The van der Waals surface area contributed by atoms with E-state index in [1.165, 1.54) is 0 Å². The number of hydrogen-bond acceptors (Lipinski definition) is 5. The van der Waals surface area contributed by atoms with Gasteiger partial charge in [-0.2, -0.15) is 0 Å². The number of benzene rings is 3. The van der Waals surface area contributed by atoms with Crippen molar-refractivity contribution in [3.63, 3.8) is 0 Å². The van der Waals surface area contributed by atoms with Gasteiger partial charge in [0, 0.05) is 43.2 Å². The molecule has 3 aromatic carbocycles. The molecule has 1 aliphatic rings.